The van der Waals surface area contributed by atoms with E-state index in [9.17, 15) is 0 Å². The van der Waals surface area contributed by atoms with Crippen LogP contribution in [-0.2, 0) is 6.42 Å². The van der Waals surface area contributed by atoms with Gasteiger partial charge in [-0.05, 0) is 30.7 Å². The maximum absolute atomic E-state index is 8.77. The molecular weight excluding hydrogens is 234 g/mol. The maximum Gasteiger partial charge on any atom is 0.118 e. The van der Waals surface area contributed by atoms with E-state index in [1.807, 2.05) is 24.3 Å². The molecule has 3 nitrogen and oxygen atoms in total. The van der Waals surface area contributed by atoms with Crippen LogP contribution in [0, 0.1) is 0 Å². The van der Waals surface area contributed by atoms with E-state index >= 15 is 0 Å². The highest BCUT2D eigenvalue weighted by Crippen LogP contribution is 2.24. The lowest BCUT2D eigenvalue weighted by Gasteiger charge is -2.00. The van der Waals surface area contributed by atoms with Crippen molar-refractivity contribution in [2.24, 2.45) is 0 Å². The van der Waals surface area contributed by atoms with Gasteiger partial charge in [-0.25, -0.2) is 4.98 Å². The lowest BCUT2D eigenvalue weighted by atomic mass is 10.2. The number of hydrogen-bond acceptors (Lipinski definition) is 4. The Labute approximate surface area is 105 Å². The molecule has 4 heteroatoms. The second-order valence-corrected chi connectivity index (χ2v) is 4.62. The van der Waals surface area contributed by atoms with E-state index in [0.717, 1.165) is 34.9 Å². The van der Waals surface area contributed by atoms with Crippen molar-refractivity contribution in [2.75, 3.05) is 13.7 Å². The largest absolute Gasteiger partial charge is 0.497 e. The summed E-state index contributed by atoms with van der Waals surface area (Å²) in [6.45, 7) is 0.220. The molecule has 17 heavy (non-hydrogen) atoms. The van der Waals surface area contributed by atoms with E-state index in [0.29, 0.717) is 0 Å². The first-order valence-corrected chi connectivity index (χ1v) is 6.41. The summed E-state index contributed by atoms with van der Waals surface area (Å²) in [5, 5.41) is 11.9. The van der Waals surface area contributed by atoms with E-state index < -0.39 is 0 Å². The molecule has 0 bridgehead atoms. The number of methoxy groups -OCH3 is 1. The summed E-state index contributed by atoms with van der Waals surface area (Å²) in [4.78, 5) is 4.54. The van der Waals surface area contributed by atoms with E-state index in [4.69, 9.17) is 9.84 Å². The van der Waals surface area contributed by atoms with Crippen molar-refractivity contribution in [1.29, 1.82) is 0 Å². The van der Waals surface area contributed by atoms with Gasteiger partial charge in [-0.2, -0.15) is 0 Å². The zero-order valence-electron chi connectivity index (χ0n) is 9.72. The first-order valence-electron chi connectivity index (χ1n) is 5.53. The molecule has 1 aromatic heterocycles. The monoisotopic (exact) mass is 249 g/mol. The van der Waals surface area contributed by atoms with Crippen LogP contribution in [-0.4, -0.2) is 23.8 Å². The van der Waals surface area contributed by atoms with E-state index in [-0.39, 0.29) is 6.61 Å². The fraction of sp³-hybridized carbons (Fsp3) is 0.308. The van der Waals surface area contributed by atoms with Crippen LogP contribution in [0.2, 0.25) is 0 Å². The number of benzene rings is 1. The molecule has 0 spiro atoms. The summed E-state index contributed by atoms with van der Waals surface area (Å²) >= 11 is 1.64. The number of hydrogen-bond donors (Lipinski definition) is 1. The van der Waals surface area contributed by atoms with Crippen LogP contribution in [0.4, 0.5) is 0 Å². The Hall–Kier alpha value is -1.39. The van der Waals surface area contributed by atoms with Gasteiger partial charge in [0.25, 0.3) is 0 Å². The quantitative estimate of drug-likeness (QED) is 0.886. The minimum atomic E-state index is 0.220. The van der Waals surface area contributed by atoms with Crippen molar-refractivity contribution in [3.05, 3.63) is 34.7 Å². The second-order valence-electron chi connectivity index (χ2n) is 3.68. The lowest BCUT2D eigenvalue weighted by Crippen LogP contribution is -1.88. The molecular formula is C13H15NO2S. The van der Waals surface area contributed by atoms with Gasteiger partial charge in [0.1, 0.15) is 5.75 Å². The van der Waals surface area contributed by atoms with Gasteiger partial charge in [0.05, 0.1) is 17.8 Å². The predicted molar refractivity (Wildman–Crippen MR) is 69.5 cm³/mol. The summed E-state index contributed by atoms with van der Waals surface area (Å²) in [5.41, 5.74) is 2.09. The number of aromatic nitrogens is 1. The minimum Gasteiger partial charge on any atom is -0.497 e. The summed E-state index contributed by atoms with van der Waals surface area (Å²) in [6.07, 6.45) is 1.62. The molecule has 1 aromatic carbocycles. The number of rotatable bonds is 5. The highest BCUT2D eigenvalue weighted by molar-refractivity contribution is 7.09. The molecule has 0 unspecified atom stereocenters. The average molecular weight is 249 g/mol. The Kier molecular flexibility index (Phi) is 4.12. The maximum atomic E-state index is 8.77. The van der Waals surface area contributed by atoms with Gasteiger partial charge in [-0.3, -0.25) is 0 Å². The summed E-state index contributed by atoms with van der Waals surface area (Å²) in [6, 6.07) is 7.87. The zero-order chi connectivity index (χ0) is 12.1. The van der Waals surface area contributed by atoms with Gasteiger partial charge in [0, 0.05) is 24.0 Å². The fourth-order valence-corrected chi connectivity index (χ4v) is 2.40. The van der Waals surface area contributed by atoms with Gasteiger partial charge >= 0.3 is 0 Å². The molecule has 0 aliphatic rings. The molecule has 1 heterocycles. The van der Waals surface area contributed by atoms with Gasteiger partial charge in [0.15, 0.2) is 0 Å². The molecule has 2 rings (SSSR count). The van der Waals surface area contributed by atoms with Crippen molar-refractivity contribution < 1.29 is 9.84 Å². The Morgan fingerprint density at radius 2 is 2.06 bits per heavy atom. The molecule has 0 atom stereocenters. The molecule has 0 fully saturated rings. The normalized spacial score (nSPS) is 10.5. The van der Waals surface area contributed by atoms with Crippen molar-refractivity contribution in [1.82, 2.24) is 4.98 Å². The first kappa shape index (κ1) is 12.1. The van der Waals surface area contributed by atoms with Crippen molar-refractivity contribution >= 4 is 11.3 Å². The molecule has 0 saturated carbocycles. The Morgan fingerprint density at radius 1 is 1.29 bits per heavy atom. The minimum absolute atomic E-state index is 0.220. The highest BCUT2D eigenvalue weighted by Gasteiger charge is 2.04. The molecule has 90 valence electrons. The van der Waals surface area contributed by atoms with Gasteiger partial charge in [0.2, 0.25) is 0 Å². The number of aryl methyl sites for hydroxylation is 1. The first-order chi connectivity index (χ1) is 8.33. The fourth-order valence-electron chi connectivity index (χ4n) is 1.55. The number of aliphatic hydroxyl groups is 1. The smallest absolute Gasteiger partial charge is 0.118 e. The summed E-state index contributed by atoms with van der Waals surface area (Å²) in [7, 11) is 1.66. The molecule has 0 saturated heterocycles. The van der Waals surface area contributed by atoms with Gasteiger partial charge in [-0.1, -0.05) is 0 Å². The average Bonchev–Trinajstić information content (AvgIpc) is 2.85. The van der Waals surface area contributed by atoms with Crippen LogP contribution in [0.5, 0.6) is 5.75 Å². The van der Waals surface area contributed by atoms with Crippen LogP contribution in [0.1, 0.15) is 11.4 Å². The summed E-state index contributed by atoms with van der Waals surface area (Å²) < 4.78 is 5.12. The SMILES string of the molecule is COc1ccc(-c2csc(CCCO)n2)cc1. The van der Waals surface area contributed by atoms with Gasteiger partial charge < -0.3 is 9.84 Å². The summed E-state index contributed by atoms with van der Waals surface area (Å²) in [5.74, 6) is 0.851. The van der Waals surface area contributed by atoms with Crippen LogP contribution in [0.25, 0.3) is 11.3 Å². The predicted octanol–water partition coefficient (Wildman–Crippen LogP) is 2.74. The second kappa shape index (κ2) is 5.80. The molecule has 1 N–H and O–H groups in total. The van der Waals surface area contributed by atoms with Crippen molar-refractivity contribution in [2.45, 2.75) is 12.8 Å². The molecule has 0 radical (unpaired) electrons. The zero-order valence-corrected chi connectivity index (χ0v) is 10.5. The lowest BCUT2D eigenvalue weighted by molar-refractivity contribution is 0.288. The number of ether oxygens (including phenoxy) is 1. The number of aliphatic hydroxyl groups excluding tert-OH is 1. The molecule has 0 aliphatic heterocycles. The van der Waals surface area contributed by atoms with Crippen molar-refractivity contribution in [3.63, 3.8) is 0 Å². The Morgan fingerprint density at radius 3 is 2.71 bits per heavy atom. The third kappa shape index (κ3) is 3.05. The third-order valence-corrected chi connectivity index (χ3v) is 3.39. The van der Waals surface area contributed by atoms with Crippen LogP contribution in [0.15, 0.2) is 29.6 Å². The molecule has 2 aromatic rings. The number of thiazole rings is 1. The Bertz CT molecular complexity index is 465. The third-order valence-electron chi connectivity index (χ3n) is 2.49. The van der Waals surface area contributed by atoms with E-state index in [2.05, 4.69) is 10.4 Å². The molecule has 0 amide bonds. The number of nitrogens with zero attached hydrogens (tertiary/aromatic N) is 1. The van der Waals surface area contributed by atoms with Crippen LogP contribution in [0.3, 0.4) is 0 Å². The van der Waals surface area contributed by atoms with E-state index in [1.54, 1.807) is 18.4 Å². The van der Waals surface area contributed by atoms with Gasteiger partial charge in [-0.15, -0.1) is 11.3 Å². The Balaban J connectivity index is 2.12. The topological polar surface area (TPSA) is 42.4 Å². The van der Waals surface area contributed by atoms with E-state index in [1.165, 1.54) is 0 Å². The van der Waals surface area contributed by atoms with Crippen LogP contribution < -0.4 is 4.74 Å². The van der Waals surface area contributed by atoms with Crippen LogP contribution >= 0.6 is 11.3 Å². The highest BCUT2D eigenvalue weighted by atomic mass is 32.1. The molecule has 0 aliphatic carbocycles. The standard InChI is InChI=1S/C13H15NO2S/c1-16-11-6-4-10(5-7-11)12-9-17-13(14-12)3-2-8-15/h4-7,9,15H,2-3,8H2,1H3. The van der Waals surface area contributed by atoms with Crippen molar-refractivity contribution in [3.8, 4) is 17.0 Å².